The molecule has 2 fully saturated rings. The Hall–Kier alpha value is -3.55. The molecular weight excluding hydrogens is 423 g/mol. The summed E-state index contributed by atoms with van der Waals surface area (Å²) in [5.74, 6) is 0.455. The van der Waals surface area contributed by atoms with E-state index in [0.29, 0.717) is 55.3 Å². The molecule has 2 amide bonds. The molecule has 0 unspecified atom stereocenters. The number of hydrogen-bond donors (Lipinski definition) is 0. The predicted octanol–water partition coefficient (Wildman–Crippen LogP) is 4.09. The molecule has 1 atom stereocenters. The molecular formula is C25H25FN4O3. The zero-order valence-corrected chi connectivity index (χ0v) is 18.2. The van der Waals surface area contributed by atoms with Crippen molar-refractivity contribution in [2.75, 3.05) is 19.6 Å². The van der Waals surface area contributed by atoms with Crippen LogP contribution in [-0.2, 0) is 4.79 Å². The summed E-state index contributed by atoms with van der Waals surface area (Å²) in [6, 6.07) is 14.9. The third kappa shape index (κ3) is 4.37. The van der Waals surface area contributed by atoms with Gasteiger partial charge in [-0.2, -0.15) is 4.98 Å². The van der Waals surface area contributed by atoms with Crippen molar-refractivity contribution in [2.24, 2.45) is 5.92 Å². The van der Waals surface area contributed by atoms with E-state index in [2.05, 4.69) is 10.1 Å². The molecule has 2 aliphatic rings. The number of carbonyl (C=O) groups excluding carboxylic acids is 2. The van der Waals surface area contributed by atoms with Gasteiger partial charge in [-0.05, 0) is 62.1 Å². The van der Waals surface area contributed by atoms with E-state index in [1.165, 1.54) is 12.1 Å². The standard InChI is InChI=1S/C25H25FN4O3/c26-20-10-8-17(9-11-20)22-27-23(33-28-22)21-7-4-14-30(21)25(32)19-12-15-29(16-13-19)24(31)18-5-2-1-3-6-18/h1-3,5-6,8-11,19,21H,4,7,12-16H2/t21-/m1/s1. The first-order valence-electron chi connectivity index (χ1n) is 11.3. The van der Waals surface area contributed by atoms with E-state index in [4.69, 9.17) is 4.52 Å². The van der Waals surface area contributed by atoms with E-state index in [0.717, 1.165) is 12.8 Å². The number of rotatable bonds is 4. The first kappa shape index (κ1) is 21.3. The monoisotopic (exact) mass is 448 g/mol. The normalized spacial score (nSPS) is 19.1. The molecule has 2 aromatic carbocycles. The lowest BCUT2D eigenvalue weighted by Gasteiger charge is -2.34. The minimum atomic E-state index is -0.327. The number of amides is 2. The quantitative estimate of drug-likeness (QED) is 0.601. The van der Waals surface area contributed by atoms with Gasteiger partial charge in [-0.25, -0.2) is 4.39 Å². The highest BCUT2D eigenvalue weighted by Gasteiger charge is 2.38. The fourth-order valence-corrected chi connectivity index (χ4v) is 4.70. The Labute approximate surface area is 191 Å². The van der Waals surface area contributed by atoms with Crippen LogP contribution in [0.3, 0.4) is 0 Å². The van der Waals surface area contributed by atoms with E-state index in [-0.39, 0.29) is 29.6 Å². The Bertz CT molecular complexity index is 1120. The molecule has 2 aliphatic heterocycles. The molecule has 0 spiro atoms. The van der Waals surface area contributed by atoms with Gasteiger partial charge < -0.3 is 14.3 Å². The average Bonchev–Trinajstić information content (AvgIpc) is 3.54. The van der Waals surface area contributed by atoms with Crippen molar-refractivity contribution >= 4 is 11.8 Å². The zero-order chi connectivity index (χ0) is 22.8. The van der Waals surface area contributed by atoms with Crippen LogP contribution in [0, 0.1) is 11.7 Å². The van der Waals surface area contributed by atoms with E-state index in [9.17, 15) is 14.0 Å². The summed E-state index contributed by atoms with van der Waals surface area (Å²) in [4.78, 5) is 34.2. The Morgan fingerprint density at radius 2 is 1.67 bits per heavy atom. The van der Waals surface area contributed by atoms with Crippen molar-refractivity contribution in [2.45, 2.75) is 31.7 Å². The lowest BCUT2D eigenvalue weighted by molar-refractivity contribution is -0.138. The number of aromatic nitrogens is 2. The Kier molecular flexibility index (Phi) is 5.90. The summed E-state index contributed by atoms with van der Waals surface area (Å²) < 4.78 is 18.7. The van der Waals surface area contributed by atoms with Crippen molar-refractivity contribution in [3.8, 4) is 11.4 Å². The predicted molar refractivity (Wildman–Crippen MR) is 118 cm³/mol. The molecule has 33 heavy (non-hydrogen) atoms. The second-order valence-corrected chi connectivity index (χ2v) is 8.59. The maximum absolute atomic E-state index is 13.3. The Morgan fingerprint density at radius 1 is 0.939 bits per heavy atom. The highest BCUT2D eigenvalue weighted by Crippen LogP contribution is 2.35. The van der Waals surface area contributed by atoms with Crippen molar-refractivity contribution < 1.29 is 18.5 Å². The SMILES string of the molecule is O=C(c1ccccc1)N1CCC(C(=O)N2CCC[C@@H]2c2nc(-c3ccc(F)cc3)no2)CC1. The third-order valence-electron chi connectivity index (χ3n) is 6.52. The average molecular weight is 448 g/mol. The van der Waals surface area contributed by atoms with Crippen LogP contribution in [0.25, 0.3) is 11.4 Å². The van der Waals surface area contributed by atoms with Crippen molar-refractivity contribution in [1.29, 1.82) is 0 Å². The van der Waals surface area contributed by atoms with Gasteiger partial charge in [0.25, 0.3) is 5.91 Å². The molecule has 0 saturated carbocycles. The number of nitrogens with zero attached hydrogens (tertiary/aromatic N) is 4. The molecule has 3 aromatic rings. The Morgan fingerprint density at radius 3 is 2.39 bits per heavy atom. The van der Waals surface area contributed by atoms with Gasteiger partial charge in [0.05, 0.1) is 0 Å². The summed E-state index contributed by atoms with van der Waals surface area (Å²) in [6.45, 7) is 1.79. The highest BCUT2D eigenvalue weighted by atomic mass is 19.1. The molecule has 5 rings (SSSR count). The van der Waals surface area contributed by atoms with Crippen molar-refractivity contribution in [3.05, 3.63) is 71.9 Å². The van der Waals surface area contributed by atoms with Gasteiger partial charge in [0.15, 0.2) is 0 Å². The fraction of sp³-hybridized carbons (Fsp3) is 0.360. The molecule has 0 radical (unpaired) electrons. The second kappa shape index (κ2) is 9.13. The van der Waals surface area contributed by atoms with Crippen LogP contribution in [-0.4, -0.2) is 51.4 Å². The molecule has 1 aromatic heterocycles. The number of likely N-dealkylation sites (tertiary alicyclic amines) is 2. The van der Waals surface area contributed by atoms with Crippen LogP contribution >= 0.6 is 0 Å². The minimum Gasteiger partial charge on any atom is -0.339 e. The van der Waals surface area contributed by atoms with E-state index >= 15 is 0 Å². The summed E-state index contributed by atoms with van der Waals surface area (Å²) in [5, 5.41) is 4.03. The molecule has 7 nitrogen and oxygen atoms in total. The van der Waals surface area contributed by atoms with Gasteiger partial charge in [-0.1, -0.05) is 23.4 Å². The summed E-state index contributed by atoms with van der Waals surface area (Å²) in [7, 11) is 0. The maximum atomic E-state index is 13.3. The van der Waals surface area contributed by atoms with E-state index in [1.54, 1.807) is 12.1 Å². The first-order chi connectivity index (χ1) is 16.1. The number of piperidine rings is 1. The van der Waals surface area contributed by atoms with Crippen LogP contribution in [0.5, 0.6) is 0 Å². The summed E-state index contributed by atoms with van der Waals surface area (Å²) in [5.41, 5.74) is 1.34. The molecule has 0 bridgehead atoms. The minimum absolute atomic E-state index is 0.0136. The zero-order valence-electron chi connectivity index (χ0n) is 18.2. The van der Waals surface area contributed by atoms with E-state index < -0.39 is 0 Å². The van der Waals surface area contributed by atoms with E-state index in [1.807, 2.05) is 40.1 Å². The molecule has 0 N–H and O–H groups in total. The number of carbonyl (C=O) groups is 2. The summed E-state index contributed by atoms with van der Waals surface area (Å²) >= 11 is 0. The van der Waals surface area contributed by atoms with Gasteiger partial charge >= 0.3 is 0 Å². The Balaban J connectivity index is 1.23. The van der Waals surface area contributed by atoms with Crippen molar-refractivity contribution in [3.63, 3.8) is 0 Å². The maximum Gasteiger partial charge on any atom is 0.253 e. The molecule has 8 heteroatoms. The van der Waals surface area contributed by atoms with Gasteiger partial charge in [-0.15, -0.1) is 0 Å². The second-order valence-electron chi connectivity index (χ2n) is 8.59. The lowest BCUT2D eigenvalue weighted by Crippen LogP contribution is -2.44. The van der Waals surface area contributed by atoms with Gasteiger partial charge in [0.2, 0.25) is 17.6 Å². The molecule has 170 valence electrons. The van der Waals surface area contributed by atoms with Crippen LogP contribution in [0.4, 0.5) is 4.39 Å². The van der Waals surface area contributed by atoms with Gasteiger partial charge in [0, 0.05) is 36.7 Å². The van der Waals surface area contributed by atoms with Gasteiger partial charge in [-0.3, -0.25) is 9.59 Å². The lowest BCUT2D eigenvalue weighted by atomic mass is 9.94. The molecule has 0 aliphatic carbocycles. The third-order valence-corrected chi connectivity index (χ3v) is 6.52. The largest absolute Gasteiger partial charge is 0.339 e. The number of benzene rings is 2. The smallest absolute Gasteiger partial charge is 0.253 e. The number of hydrogen-bond acceptors (Lipinski definition) is 5. The van der Waals surface area contributed by atoms with Crippen molar-refractivity contribution in [1.82, 2.24) is 19.9 Å². The summed E-state index contributed by atoms with van der Waals surface area (Å²) in [6.07, 6.45) is 2.93. The topological polar surface area (TPSA) is 79.5 Å². The molecule has 3 heterocycles. The molecule has 2 saturated heterocycles. The fourth-order valence-electron chi connectivity index (χ4n) is 4.70. The van der Waals surface area contributed by atoms with Crippen LogP contribution in [0.2, 0.25) is 0 Å². The van der Waals surface area contributed by atoms with Gasteiger partial charge in [0.1, 0.15) is 11.9 Å². The highest BCUT2D eigenvalue weighted by molar-refractivity contribution is 5.94. The van der Waals surface area contributed by atoms with Crippen LogP contribution in [0.15, 0.2) is 59.1 Å². The first-order valence-corrected chi connectivity index (χ1v) is 11.3. The number of halogens is 1. The van der Waals surface area contributed by atoms with Crippen LogP contribution < -0.4 is 0 Å². The van der Waals surface area contributed by atoms with Crippen LogP contribution in [0.1, 0.15) is 48.0 Å².